The molecule has 0 fully saturated rings. The van der Waals surface area contributed by atoms with Gasteiger partial charge in [0, 0.05) is 13.2 Å². The van der Waals surface area contributed by atoms with Gasteiger partial charge in [0.2, 0.25) is 0 Å². The molecular formula is C11H28O7. The lowest BCUT2D eigenvalue weighted by molar-refractivity contribution is 0.0650. The standard InChI is InChI=1S/C4H10O3.C4H10O2.C3H8O2/c5-1-3-7-4-2-6;5-3-1-2-4-6;1-3(5)2-4/h5-6H,1-4H2;5-6H,1-4H2;3-5H,2H2,1H3. The second-order valence-electron chi connectivity index (χ2n) is 3.25. The van der Waals surface area contributed by atoms with E-state index in [4.69, 9.17) is 30.6 Å². The molecule has 0 rings (SSSR count). The Morgan fingerprint density at radius 1 is 0.778 bits per heavy atom. The van der Waals surface area contributed by atoms with Crippen molar-refractivity contribution in [2.24, 2.45) is 0 Å². The Labute approximate surface area is 108 Å². The minimum atomic E-state index is -0.560. The molecule has 18 heavy (non-hydrogen) atoms. The van der Waals surface area contributed by atoms with Crippen LogP contribution in [0.2, 0.25) is 0 Å². The summed E-state index contributed by atoms with van der Waals surface area (Å²) in [5.41, 5.74) is 0. The molecule has 0 aliphatic carbocycles. The van der Waals surface area contributed by atoms with Crippen LogP contribution in [-0.4, -0.2) is 83.0 Å². The molecule has 6 N–H and O–H groups in total. The van der Waals surface area contributed by atoms with Crippen molar-refractivity contribution in [2.75, 3.05) is 46.2 Å². The first-order valence-corrected chi connectivity index (χ1v) is 5.90. The minimum absolute atomic E-state index is 0.0278. The van der Waals surface area contributed by atoms with Crippen LogP contribution in [0.25, 0.3) is 0 Å². The molecule has 0 aromatic heterocycles. The fourth-order valence-corrected chi connectivity index (χ4v) is 0.455. The molecule has 0 aliphatic heterocycles. The second kappa shape index (κ2) is 25.5. The number of hydrogen-bond donors (Lipinski definition) is 6. The Hall–Kier alpha value is -0.280. The quantitative estimate of drug-likeness (QED) is 0.284. The Morgan fingerprint density at radius 2 is 1.11 bits per heavy atom. The van der Waals surface area contributed by atoms with Gasteiger partial charge in [0.1, 0.15) is 0 Å². The first-order valence-electron chi connectivity index (χ1n) is 5.90. The predicted octanol–water partition coefficient (Wildman–Crippen LogP) is -1.90. The highest BCUT2D eigenvalue weighted by molar-refractivity contribution is 4.34. The van der Waals surface area contributed by atoms with E-state index in [1.807, 2.05) is 0 Å². The van der Waals surface area contributed by atoms with E-state index in [2.05, 4.69) is 4.74 Å². The van der Waals surface area contributed by atoms with Crippen LogP contribution in [0.3, 0.4) is 0 Å². The molecule has 0 amide bonds. The molecule has 7 heteroatoms. The molecular weight excluding hydrogens is 244 g/mol. The van der Waals surface area contributed by atoms with Crippen LogP contribution >= 0.6 is 0 Å². The number of aliphatic hydroxyl groups excluding tert-OH is 6. The van der Waals surface area contributed by atoms with Gasteiger partial charge in [-0.3, -0.25) is 0 Å². The van der Waals surface area contributed by atoms with Crippen LogP contribution in [-0.2, 0) is 4.74 Å². The number of rotatable bonds is 8. The van der Waals surface area contributed by atoms with E-state index in [9.17, 15) is 0 Å². The van der Waals surface area contributed by atoms with Gasteiger partial charge >= 0.3 is 0 Å². The summed E-state index contributed by atoms with van der Waals surface area (Å²) in [6, 6.07) is 0. The number of unbranched alkanes of at least 4 members (excludes halogenated alkanes) is 1. The van der Waals surface area contributed by atoms with Crippen LogP contribution in [0.1, 0.15) is 19.8 Å². The third kappa shape index (κ3) is 44.8. The van der Waals surface area contributed by atoms with Crippen molar-refractivity contribution in [1.82, 2.24) is 0 Å². The van der Waals surface area contributed by atoms with Crippen molar-refractivity contribution in [1.29, 1.82) is 0 Å². The van der Waals surface area contributed by atoms with E-state index >= 15 is 0 Å². The summed E-state index contributed by atoms with van der Waals surface area (Å²) in [5.74, 6) is 0. The summed E-state index contributed by atoms with van der Waals surface area (Å²) in [4.78, 5) is 0. The number of aliphatic hydroxyl groups is 6. The van der Waals surface area contributed by atoms with E-state index in [0.29, 0.717) is 13.2 Å². The highest BCUT2D eigenvalue weighted by Gasteiger charge is 1.83. The normalized spacial score (nSPS) is 10.8. The van der Waals surface area contributed by atoms with Crippen molar-refractivity contribution in [3.8, 4) is 0 Å². The highest BCUT2D eigenvalue weighted by atomic mass is 16.5. The molecule has 1 atom stereocenters. The summed E-state index contributed by atoms with van der Waals surface area (Å²) < 4.78 is 4.63. The fraction of sp³-hybridized carbons (Fsp3) is 1.00. The lowest BCUT2D eigenvalue weighted by Gasteiger charge is -1.94. The molecule has 0 bridgehead atoms. The summed E-state index contributed by atoms with van der Waals surface area (Å²) in [5, 5.41) is 48.3. The Kier molecular flexibility index (Phi) is 32.4. The Morgan fingerprint density at radius 3 is 1.28 bits per heavy atom. The number of hydrogen-bond acceptors (Lipinski definition) is 7. The lowest BCUT2D eigenvalue weighted by atomic mass is 10.3. The van der Waals surface area contributed by atoms with E-state index in [1.54, 1.807) is 0 Å². The second-order valence-corrected chi connectivity index (χ2v) is 3.25. The van der Waals surface area contributed by atoms with Gasteiger partial charge in [0.15, 0.2) is 0 Å². The van der Waals surface area contributed by atoms with E-state index < -0.39 is 6.10 Å². The molecule has 0 radical (unpaired) electrons. The SMILES string of the molecule is CC(O)CO.OCCCCO.OCCOCCO. The van der Waals surface area contributed by atoms with Gasteiger partial charge < -0.3 is 35.4 Å². The lowest BCUT2D eigenvalue weighted by Crippen LogP contribution is -2.03. The van der Waals surface area contributed by atoms with Gasteiger partial charge in [-0.05, 0) is 19.8 Å². The maximum absolute atomic E-state index is 8.11. The van der Waals surface area contributed by atoms with Gasteiger partial charge in [-0.2, -0.15) is 0 Å². The molecule has 0 saturated carbocycles. The number of ether oxygens (including phenoxy) is 1. The van der Waals surface area contributed by atoms with Crippen molar-refractivity contribution in [3.63, 3.8) is 0 Å². The Balaban J connectivity index is -0.000000190. The average molecular weight is 272 g/mol. The zero-order chi connectivity index (χ0) is 14.6. The van der Waals surface area contributed by atoms with Crippen molar-refractivity contribution >= 4 is 0 Å². The summed E-state index contributed by atoms with van der Waals surface area (Å²) in [6.07, 6.45) is 0.877. The molecule has 0 aliphatic rings. The monoisotopic (exact) mass is 272 g/mol. The molecule has 0 aromatic carbocycles. The topological polar surface area (TPSA) is 131 Å². The molecule has 0 aromatic rings. The first-order chi connectivity index (χ1) is 8.60. The fourth-order valence-electron chi connectivity index (χ4n) is 0.455. The molecule has 7 nitrogen and oxygen atoms in total. The van der Waals surface area contributed by atoms with Gasteiger partial charge in [0.25, 0.3) is 0 Å². The average Bonchev–Trinajstić information content (AvgIpc) is 2.38. The van der Waals surface area contributed by atoms with Crippen LogP contribution < -0.4 is 0 Å². The molecule has 114 valence electrons. The highest BCUT2D eigenvalue weighted by Crippen LogP contribution is 1.80. The van der Waals surface area contributed by atoms with Crippen molar-refractivity contribution in [2.45, 2.75) is 25.9 Å². The largest absolute Gasteiger partial charge is 0.396 e. The van der Waals surface area contributed by atoms with Crippen LogP contribution in [0.4, 0.5) is 0 Å². The van der Waals surface area contributed by atoms with Gasteiger partial charge in [-0.25, -0.2) is 0 Å². The summed E-state index contributed by atoms with van der Waals surface area (Å²) in [6.45, 7) is 2.47. The van der Waals surface area contributed by atoms with E-state index in [-0.39, 0.29) is 33.0 Å². The minimum Gasteiger partial charge on any atom is -0.396 e. The third-order valence-electron chi connectivity index (χ3n) is 1.30. The predicted molar refractivity (Wildman–Crippen MR) is 67.2 cm³/mol. The van der Waals surface area contributed by atoms with E-state index in [0.717, 1.165) is 12.8 Å². The van der Waals surface area contributed by atoms with Crippen LogP contribution in [0.5, 0.6) is 0 Å². The molecule has 0 saturated heterocycles. The maximum Gasteiger partial charge on any atom is 0.0742 e. The first kappa shape index (κ1) is 22.9. The van der Waals surface area contributed by atoms with Gasteiger partial charge in [-0.15, -0.1) is 0 Å². The van der Waals surface area contributed by atoms with Gasteiger partial charge in [-0.1, -0.05) is 0 Å². The maximum atomic E-state index is 8.11. The summed E-state index contributed by atoms with van der Waals surface area (Å²) in [7, 11) is 0. The molecule has 1 unspecified atom stereocenters. The zero-order valence-electron chi connectivity index (χ0n) is 11.0. The molecule has 0 heterocycles. The smallest absolute Gasteiger partial charge is 0.0742 e. The van der Waals surface area contributed by atoms with Crippen LogP contribution in [0, 0.1) is 0 Å². The van der Waals surface area contributed by atoms with Crippen molar-refractivity contribution in [3.05, 3.63) is 0 Å². The Bertz CT molecular complexity index is 104. The van der Waals surface area contributed by atoms with Crippen LogP contribution in [0.15, 0.2) is 0 Å². The van der Waals surface area contributed by atoms with E-state index in [1.165, 1.54) is 6.92 Å². The van der Waals surface area contributed by atoms with Crippen molar-refractivity contribution < 1.29 is 35.4 Å². The zero-order valence-corrected chi connectivity index (χ0v) is 11.0. The molecule has 0 spiro atoms. The summed E-state index contributed by atoms with van der Waals surface area (Å²) >= 11 is 0. The third-order valence-corrected chi connectivity index (χ3v) is 1.30. The van der Waals surface area contributed by atoms with Gasteiger partial charge in [0.05, 0.1) is 39.1 Å².